The second-order valence-electron chi connectivity index (χ2n) is 4.10. The average molecular weight is 360 g/mol. The second kappa shape index (κ2) is 5.37. The third kappa shape index (κ3) is 2.91. The number of hydrogen-bond acceptors (Lipinski definition) is 4. The van der Waals surface area contributed by atoms with Crippen LogP contribution in [-0.2, 0) is 10.0 Å². The van der Waals surface area contributed by atoms with Gasteiger partial charge in [0.15, 0.2) is 0 Å². The van der Waals surface area contributed by atoms with Crippen LogP contribution < -0.4 is 10.5 Å². The number of nitrogen functional groups attached to an aromatic ring is 1. The third-order valence-electron chi connectivity index (χ3n) is 2.54. The summed E-state index contributed by atoms with van der Waals surface area (Å²) >= 11 is 3.11. The monoisotopic (exact) mass is 359 g/mol. The number of sulfonamides is 1. The van der Waals surface area contributed by atoms with E-state index in [4.69, 9.17) is 5.73 Å². The van der Waals surface area contributed by atoms with E-state index < -0.39 is 20.7 Å². The molecule has 1 aromatic heterocycles. The summed E-state index contributed by atoms with van der Waals surface area (Å²) in [5, 5.41) is 0. The minimum absolute atomic E-state index is 0.163. The van der Waals surface area contributed by atoms with Gasteiger partial charge in [0.25, 0.3) is 10.0 Å². The van der Waals surface area contributed by atoms with Crippen LogP contribution in [0.2, 0.25) is 0 Å². The van der Waals surface area contributed by atoms with Gasteiger partial charge in [0.2, 0.25) is 0 Å². The Labute approximate surface area is 124 Å². The van der Waals surface area contributed by atoms with Gasteiger partial charge in [-0.2, -0.15) is 0 Å². The quantitative estimate of drug-likeness (QED) is 0.651. The van der Waals surface area contributed by atoms with E-state index in [9.17, 15) is 12.8 Å². The van der Waals surface area contributed by atoms with E-state index in [1.54, 1.807) is 6.07 Å². The molecule has 0 bridgehead atoms. The van der Waals surface area contributed by atoms with Crippen LogP contribution in [0.1, 0.15) is 5.56 Å². The molecule has 0 radical (unpaired) electrons. The Morgan fingerprint density at radius 3 is 2.75 bits per heavy atom. The molecular weight excluding hydrogens is 349 g/mol. The van der Waals surface area contributed by atoms with Gasteiger partial charge < -0.3 is 5.73 Å². The number of hydrogen-bond donors (Lipinski definition) is 2. The van der Waals surface area contributed by atoms with Gasteiger partial charge in [-0.15, -0.1) is 0 Å². The summed E-state index contributed by atoms with van der Waals surface area (Å²) in [7, 11) is -4.09. The molecule has 0 aliphatic carbocycles. The Morgan fingerprint density at radius 2 is 2.10 bits per heavy atom. The molecule has 20 heavy (non-hydrogen) atoms. The molecular formula is C12H11BrFN3O2S. The maximum absolute atomic E-state index is 14.0. The molecule has 2 rings (SSSR count). The highest BCUT2D eigenvalue weighted by Gasteiger charge is 2.22. The molecule has 0 fully saturated rings. The number of halogens is 2. The van der Waals surface area contributed by atoms with E-state index in [1.807, 2.05) is 0 Å². The normalized spacial score (nSPS) is 11.3. The van der Waals surface area contributed by atoms with Crippen molar-refractivity contribution in [3.63, 3.8) is 0 Å². The van der Waals surface area contributed by atoms with E-state index in [2.05, 4.69) is 25.6 Å². The Hall–Kier alpha value is -1.67. The molecule has 2 aromatic rings. The van der Waals surface area contributed by atoms with Crippen LogP contribution in [0.5, 0.6) is 0 Å². The molecule has 1 aromatic carbocycles. The van der Waals surface area contributed by atoms with Gasteiger partial charge in [-0.25, -0.2) is 17.8 Å². The second-order valence-corrected chi connectivity index (χ2v) is 6.50. The fourth-order valence-electron chi connectivity index (χ4n) is 1.62. The molecule has 3 N–H and O–H groups in total. The maximum atomic E-state index is 14.0. The lowest BCUT2D eigenvalue weighted by molar-refractivity contribution is 0.565. The molecule has 5 nitrogen and oxygen atoms in total. The zero-order valence-electron chi connectivity index (χ0n) is 10.4. The number of nitrogens with two attached hydrogens (primary N) is 1. The topological polar surface area (TPSA) is 85.1 Å². The van der Waals surface area contributed by atoms with Crippen LogP contribution in [-0.4, -0.2) is 13.4 Å². The molecule has 0 saturated carbocycles. The minimum atomic E-state index is -4.09. The fourth-order valence-corrected chi connectivity index (χ4v) is 3.35. The number of aryl methyl sites for hydroxylation is 1. The van der Waals surface area contributed by atoms with E-state index in [0.29, 0.717) is 4.60 Å². The first-order valence-electron chi connectivity index (χ1n) is 5.50. The lowest BCUT2D eigenvalue weighted by Crippen LogP contribution is -2.16. The lowest BCUT2D eigenvalue weighted by atomic mass is 10.2. The summed E-state index contributed by atoms with van der Waals surface area (Å²) in [6, 6.07) is 5.51. The first kappa shape index (κ1) is 14.7. The highest BCUT2D eigenvalue weighted by Crippen LogP contribution is 2.26. The van der Waals surface area contributed by atoms with Crippen molar-refractivity contribution >= 4 is 37.3 Å². The third-order valence-corrected chi connectivity index (χ3v) is 4.53. The molecule has 0 saturated heterocycles. The summed E-state index contributed by atoms with van der Waals surface area (Å²) in [4.78, 5) is 3.39. The van der Waals surface area contributed by atoms with Crippen LogP contribution in [0, 0.1) is 12.7 Å². The van der Waals surface area contributed by atoms with Crippen molar-refractivity contribution in [1.82, 2.24) is 4.98 Å². The molecule has 1 heterocycles. The minimum Gasteiger partial charge on any atom is -0.399 e. The summed E-state index contributed by atoms with van der Waals surface area (Å²) < 4.78 is 41.0. The molecule has 0 aliphatic rings. The number of rotatable bonds is 3. The average Bonchev–Trinajstić information content (AvgIpc) is 2.36. The van der Waals surface area contributed by atoms with Crippen LogP contribution in [0.25, 0.3) is 0 Å². The van der Waals surface area contributed by atoms with Crippen molar-refractivity contribution in [1.29, 1.82) is 0 Å². The fraction of sp³-hybridized carbons (Fsp3) is 0.0833. The van der Waals surface area contributed by atoms with Crippen LogP contribution in [0.15, 0.2) is 40.0 Å². The van der Waals surface area contributed by atoms with Gasteiger partial charge in [-0.3, -0.25) is 4.72 Å². The first-order chi connectivity index (χ1) is 9.31. The van der Waals surface area contributed by atoms with E-state index in [-0.39, 0.29) is 16.9 Å². The number of benzene rings is 1. The summed E-state index contributed by atoms with van der Waals surface area (Å²) in [5.74, 6) is -0.827. The zero-order chi connectivity index (χ0) is 14.9. The van der Waals surface area contributed by atoms with E-state index in [0.717, 1.165) is 6.07 Å². The summed E-state index contributed by atoms with van der Waals surface area (Å²) in [6.07, 6.45) is 1.49. The van der Waals surface area contributed by atoms with Gasteiger partial charge in [0.05, 0.1) is 5.69 Å². The van der Waals surface area contributed by atoms with Gasteiger partial charge in [0, 0.05) is 11.9 Å². The Bertz CT molecular complexity index is 765. The van der Waals surface area contributed by atoms with Crippen molar-refractivity contribution in [3.8, 4) is 0 Å². The molecule has 0 atom stereocenters. The lowest BCUT2D eigenvalue weighted by Gasteiger charge is -2.11. The van der Waals surface area contributed by atoms with Crippen molar-refractivity contribution in [3.05, 3.63) is 46.4 Å². The van der Waals surface area contributed by atoms with E-state index in [1.165, 1.54) is 25.3 Å². The molecule has 8 heteroatoms. The van der Waals surface area contributed by atoms with Crippen molar-refractivity contribution in [2.24, 2.45) is 0 Å². The van der Waals surface area contributed by atoms with Crippen molar-refractivity contribution in [2.45, 2.75) is 11.8 Å². The van der Waals surface area contributed by atoms with E-state index >= 15 is 0 Å². The van der Waals surface area contributed by atoms with Crippen LogP contribution in [0.3, 0.4) is 0 Å². The Morgan fingerprint density at radius 1 is 1.40 bits per heavy atom. The van der Waals surface area contributed by atoms with Crippen LogP contribution in [0.4, 0.5) is 15.8 Å². The molecule has 0 aliphatic heterocycles. The molecule has 106 valence electrons. The highest BCUT2D eigenvalue weighted by molar-refractivity contribution is 9.10. The molecule has 0 unspecified atom stereocenters. The van der Waals surface area contributed by atoms with Gasteiger partial charge in [-0.05, 0) is 52.7 Å². The standard InChI is InChI=1S/C12H11BrFN3O2S/c1-7-5-8(15)6-10(11(7)14)20(18,19)17-9-3-2-4-16-12(9)13/h2-6,17H,15H2,1H3. The predicted molar refractivity (Wildman–Crippen MR) is 78.3 cm³/mol. The number of pyridine rings is 1. The Balaban J connectivity index is 2.49. The first-order valence-corrected chi connectivity index (χ1v) is 7.78. The van der Waals surface area contributed by atoms with Crippen LogP contribution >= 0.6 is 15.9 Å². The van der Waals surface area contributed by atoms with Gasteiger partial charge >= 0.3 is 0 Å². The smallest absolute Gasteiger partial charge is 0.264 e. The summed E-state index contributed by atoms with van der Waals surface area (Å²) in [6.45, 7) is 1.45. The summed E-state index contributed by atoms with van der Waals surface area (Å²) in [5.41, 5.74) is 6.12. The molecule has 0 amide bonds. The maximum Gasteiger partial charge on any atom is 0.264 e. The number of aromatic nitrogens is 1. The number of nitrogens with one attached hydrogen (secondary N) is 1. The largest absolute Gasteiger partial charge is 0.399 e. The number of anilines is 2. The predicted octanol–water partition coefficient (Wildman–Crippen LogP) is 2.67. The van der Waals surface area contributed by atoms with Gasteiger partial charge in [0.1, 0.15) is 15.3 Å². The van der Waals surface area contributed by atoms with Gasteiger partial charge in [-0.1, -0.05) is 0 Å². The number of nitrogens with zero attached hydrogens (tertiary/aromatic N) is 1. The zero-order valence-corrected chi connectivity index (χ0v) is 12.8. The van der Waals surface area contributed by atoms with Crippen molar-refractivity contribution in [2.75, 3.05) is 10.5 Å². The van der Waals surface area contributed by atoms with Crippen molar-refractivity contribution < 1.29 is 12.8 Å². The highest BCUT2D eigenvalue weighted by atomic mass is 79.9. The SMILES string of the molecule is Cc1cc(N)cc(S(=O)(=O)Nc2cccnc2Br)c1F. The Kier molecular flexibility index (Phi) is 3.96. The molecule has 0 spiro atoms.